The Kier molecular flexibility index (Phi) is 4.54. The predicted octanol–water partition coefficient (Wildman–Crippen LogP) is 1.40. The molecule has 5 nitrogen and oxygen atoms in total. The number of nitrogens with zero attached hydrogens (tertiary/aromatic N) is 1. The van der Waals surface area contributed by atoms with Crippen molar-refractivity contribution < 1.29 is 13.2 Å². The van der Waals surface area contributed by atoms with Crippen molar-refractivity contribution in [2.45, 2.75) is 24.7 Å². The van der Waals surface area contributed by atoms with Crippen LogP contribution in [0.5, 0.6) is 5.75 Å². The van der Waals surface area contributed by atoms with E-state index in [9.17, 15) is 8.42 Å². The molecule has 1 aromatic carbocycles. The lowest BCUT2D eigenvalue weighted by Crippen LogP contribution is -2.34. The number of hydrogen-bond donors (Lipinski definition) is 1. The van der Waals surface area contributed by atoms with Gasteiger partial charge >= 0.3 is 0 Å². The van der Waals surface area contributed by atoms with Gasteiger partial charge in [-0.3, -0.25) is 0 Å². The topological polar surface area (TPSA) is 72.6 Å². The van der Waals surface area contributed by atoms with Crippen molar-refractivity contribution in [3.05, 3.63) is 23.8 Å². The average Bonchev–Trinajstić information content (AvgIpc) is 3.05. The summed E-state index contributed by atoms with van der Waals surface area (Å²) in [6, 6.07) is 5.14. The zero-order valence-electron chi connectivity index (χ0n) is 12.0. The van der Waals surface area contributed by atoms with E-state index in [0.717, 1.165) is 24.2 Å². The van der Waals surface area contributed by atoms with Gasteiger partial charge in [0.1, 0.15) is 5.75 Å². The highest BCUT2D eigenvalue weighted by Crippen LogP contribution is 2.34. The zero-order chi connectivity index (χ0) is 14.4. The minimum Gasteiger partial charge on any atom is -0.493 e. The van der Waals surface area contributed by atoms with Gasteiger partial charge in [0.25, 0.3) is 0 Å². The second kappa shape index (κ2) is 5.76. The van der Waals surface area contributed by atoms with Crippen molar-refractivity contribution in [3.63, 3.8) is 0 Å². The summed E-state index contributed by atoms with van der Waals surface area (Å²) in [6.45, 7) is 4.23. The molecule has 2 aliphatic heterocycles. The molecule has 1 atom stereocenters. The van der Waals surface area contributed by atoms with Crippen LogP contribution in [0.4, 0.5) is 0 Å². The van der Waals surface area contributed by atoms with Crippen molar-refractivity contribution in [3.8, 4) is 5.75 Å². The maximum absolute atomic E-state index is 12.7. The van der Waals surface area contributed by atoms with Gasteiger partial charge in [-0.05, 0) is 42.1 Å². The Labute approximate surface area is 131 Å². The third kappa shape index (κ3) is 2.90. The summed E-state index contributed by atoms with van der Waals surface area (Å²) in [7, 11) is -3.42. The van der Waals surface area contributed by atoms with E-state index in [4.69, 9.17) is 10.5 Å². The number of benzene rings is 1. The minimum atomic E-state index is -3.42. The van der Waals surface area contributed by atoms with Crippen LogP contribution in [0.25, 0.3) is 0 Å². The van der Waals surface area contributed by atoms with Crippen LogP contribution in [0.1, 0.15) is 18.9 Å². The van der Waals surface area contributed by atoms with Crippen LogP contribution < -0.4 is 10.5 Å². The maximum Gasteiger partial charge on any atom is 0.243 e. The van der Waals surface area contributed by atoms with Crippen molar-refractivity contribution in [1.82, 2.24) is 4.31 Å². The highest BCUT2D eigenvalue weighted by Gasteiger charge is 2.39. The molecule has 0 aromatic heterocycles. The highest BCUT2D eigenvalue weighted by molar-refractivity contribution is 7.89. The number of nitrogens with two attached hydrogens (primary N) is 1. The van der Waals surface area contributed by atoms with Crippen LogP contribution in [0.2, 0.25) is 0 Å². The molecule has 3 rings (SSSR count). The molecular weight excluding hydrogens is 312 g/mol. The molecule has 0 amide bonds. The molecule has 7 heteroatoms. The molecule has 0 aliphatic carbocycles. The third-order valence-corrected chi connectivity index (χ3v) is 6.16. The van der Waals surface area contributed by atoms with Gasteiger partial charge in [0.05, 0.1) is 11.5 Å². The van der Waals surface area contributed by atoms with E-state index in [-0.39, 0.29) is 17.8 Å². The Morgan fingerprint density at radius 1 is 1.43 bits per heavy atom. The van der Waals surface area contributed by atoms with Gasteiger partial charge < -0.3 is 10.5 Å². The Bertz CT molecular complexity index is 635. The van der Waals surface area contributed by atoms with Crippen LogP contribution in [-0.4, -0.2) is 39.0 Å². The Morgan fingerprint density at radius 3 is 2.86 bits per heavy atom. The lowest BCUT2D eigenvalue weighted by atomic mass is 9.90. The number of rotatable bonds is 3. The fraction of sp³-hybridized carbons (Fsp3) is 0.571. The van der Waals surface area contributed by atoms with E-state index in [1.165, 1.54) is 0 Å². The van der Waals surface area contributed by atoms with Gasteiger partial charge in [0, 0.05) is 19.5 Å². The smallest absolute Gasteiger partial charge is 0.243 e. The summed E-state index contributed by atoms with van der Waals surface area (Å²) >= 11 is 0. The number of sulfonamides is 1. The van der Waals surface area contributed by atoms with Gasteiger partial charge in [-0.15, -0.1) is 12.4 Å². The Hall–Kier alpha value is -0.820. The fourth-order valence-electron chi connectivity index (χ4n) is 2.82. The van der Waals surface area contributed by atoms with E-state index < -0.39 is 10.0 Å². The SMILES string of the molecule is CC1(CN)CCN(S(=O)(=O)c2ccc3c(c2)CCO3)C1.Cl. The third-order valence-electron chi connectivity index (χ3n) is 4.31. The molecule has 0 spiro atoms. The lowest BCUT2D eigenvalue weighted by molar-refractivity contribution is 0.349. The molecule has 1 unspecified atom stereocenters. The van der Waals surface area contributed by atoms with Crippen LogP contribution in [-0.2, 0) is 16.4 Å². The van der Waals surface area contributed by atoms with Crippen molar-refractivity contribution in [2.75, 3.05) is 26.2 Å². The molecule has 2 N–H and O–H groups in total. The molecule has 0 radical (unpaired) electrons. The molecule has 21 heavy (non-hydrogen) atoms. The van der Waals surface area contributed by atoms with Gasteiger partial charge in [0.15, 0.2) is 0 Å². The van der Waals surface area contributed by atoms with E-state index in [1.54, 1.807) is 22.5 Å². The predicted molar refractivity (Wildman–Crippen MR) is 83.4 cm³/mol. The Morgan fingerprint density at radius 2 is 2.19 bits per heavy atom. The van der Waals surface area contributed by atoms with E-state index in [0.29, 0.717) is 31.1 Å². The Balaban J connectivity index is 0.00000161. The van der Waals surface area contributed by atoms with Gasteiger partial charge in [0.2, 0.25) is 10.0 Å². The standard InChI is InChI=1S/C14H20N2O3S.ClH/c1-14(9-15)5-6-16(10-14)20(17,18)12-2-3-13-11(8-12)4-7-19-13;/h2-3,8H,4-7,9-10,15H2,1H3;1H. The number of halogens is 1. The van der Waals surface area contributed by atoms with E-state index in [1.807, 2.05) is 6.92 Å². The average molecular weight is 333 g/mol. The number of fused-ring (bicyclic) bond motifs is 1. The van der Waals surface area contributed by atoms with Gasteiger partial charge in [-0.2, -0.15) is 4.31 Å². The molecule has 1 aromatic rings. The van der Waals surface area contributed by atoms with Crippen molar-refractivity contribution >= 4 is 22.4 Å². The van der Waals surface area contributed by atoms with E-state index in [2.05, 4.69) is 0 Å². The van der Waals surface area contributed by atoms with Crippen LogP contribution in [0.3, 0.4) is 0 Å². The summed E-state index contributed by atoms with van der Waals surface area (Å²) in [5.74, 6) is 0.803. The summed E-state index contributed by atoms with van der Waals surface area (Å²) in [4.78, 5) is 0.364. The van der Waals surface area contributed by atoms with Crippen molar-refractivity contribution in [2.24, 2.45) is 11.1 Å². The first-order chi connectivity index (χ1) is 9.44. The summed E-state index contributed by atoms with van der Waals surface area (Å²) < 4.78 is 32.3. The van der Waals surface area contributed by atoms with Crippen LogP contribution >= 0.6 is 12.4 Å². The molecule has 0 bridgehead atoms. The molecule has 2 aliphatic rings. The highest BCUT2D eigenvalue weighted by atomic mass is 35.5. The summed E-state index contributed by atoms with van der Waals surface area (Å²) in [6.07, 6.45) is 1.59. The van der Waals surface area contributed by atoms with Crippen molar-refractivity contribution in [1.29, 1.82) is 0 Å². The maximum atomic E-state index is 12.7. The lowest BCUT2D eigenvalue weighted by Gasteiger charge is -2.22. The molecule has 1 saturated heterocycles. The first-order valence-electron chi connectivity index (χ1n) is 6.91. The van der Waals surface area contributed by atoms with Gasteiger partial charge in [-0.1, -0.05) is 6.92 Å². The van der Waals surface area contributed by atoms with Crippen LogP contribution in [0.15, 0.2) is 23.1 Å². The second-order valence-electron chi connectivity index (χ2n) is 5.97. The molecule has 1 fully saturated rings. The quantitative estimate of drug-likeness (QED) is 0.908. The summed E-state index contributed by atoms with van der Waals surface area (Å²) in [5.41, 5.74) is 6.62. The van der Waals surface area contributed by atoms with E-state index >= 15 is 0 Å². The molecular formula is C14H21ClN2O3S. The largest absolute Gasteiger partial charge is 0.493 e. The summed E-state index contributed by atoms with van der Waals surface area (Å²) in [5, 5.41) is 0. The minimum absolute atomic E-state index is 0. The molecule has 2 heterocycles. The first kappa shape index (κ1) is 16.5. The molecule has 0 saturated carbocycles. The fourth-order valence-corrected chi connectivity index (χ4v) is 4.47. The number of hydrogen-bond acceptors (Lipinski definition) is 4. The second-order valence-corrected chi connectivity index (χ2v) is 7.91. The zero-order valence-corrected chi connectivity index (χ0v) is 13.7. The van der Waals surface area contributed by atoms with Gasteiger partial charge in [-0.25, -0.2) is 8.42 Å². The first-order valence-corrected chi connectivity index (χ1v) is 8.35. The number of ether oxygens (including phenoxy) is 1. The van der Waals surface area contributed by atoms with Crippen LogP contribution in [0, 0.1) is 5.41 Å². The normalized spacial score (nSPS) is 25.2. The molecule has 118 valence electrons. The monoisotopic (exact) mass is 332 g/mol.